The van der Waals surface area contributed by atoms with Crippen molar-refractivity contribution < 1.29 is 24.4 Å². The standard InChI is InChI=1S/C31H38N2O5/c1-29(2,3)21-9-6-19(7-10-21)28(35)32-22-12-13-31(36)24-16-20-8-11-23(34)26-25(20)30(31,27(22)38-26)14-15-33(24,37)17-18-4-5-18/h6-11,18,22,24,27,34,36H,4-5,12-17H2,1-3H3,(H,32,35)/t22-,24+,27-,30?,31+,33?/m0/s1. The van der Waals surface area contributed by atoms with Gasteiger partial charge in [0.25, 0.3) is 5.91 Å². The number of aromatic hydroxyl groups is 1. The molecule has 7 rings (SSSR count). The number of phenols is 1. The number of nitrogens with one attached hydrogen (secondary N) is 1. The lowest BCUT2D eigenvalue weighted by Crippen LogP contribution is -2.81. The molecule has 1 saturated heterocycles. The highest BCUT2D eigenvalue weighted by atomic mass is 16.6. The zero-order valence-electron chi connectivity index (χ0n) is 22.5. The summed E-state index contributed by atoms with van der Waals surface area (Å²) in [5.74, 6) is 0.765. The zero-order valence-corrected chi connectivity index (χ0v) is 22.5. The van der Waals surface area contributed by atoms with Crippen molar-refractivity contribution in [1.82, 2.24) is 5.32 Å². The van der Waals surface area contributed by atoms with Crippen molar-refractivity contribution in [2.75, 3.05) is 13.1 Å². The summed E-state index contributed by atoms with van der Waals surface area (Å²) < 4.78 is 6.17. The zero-order chi connectivity index (χ0) is 26.7. The van der Waals surface area contributed by atoms with E-state index in [0.29, 0.717) is 56.0 Å². The van der Waals surface area contributed by atoms with E-state index in [2.05, 4.69) is 26.1 Å². The van der Waals surface area contributed by atoms with Crippen molar-refractivity contribution in [2.24, 2.45) is 5.92 Å². The Kier molecular flexibility index (Phi) is 4.98. The third kappa shape index (κ3) is 3.21. The van der Waals surface area contributed by atoms with Gasteiger partial charge in [-0.15, -0.1) is 0 Å². The quantitative estimate of drug-likeness (QED) is 0.419. The fourth-order valence-corrected chi connectivity index (χ4v) is 8.28. The molecule has 6 atom stereocenters. The van der Waals surface area contributed by atoms with E-state index < -0.39 is 23.2 Å². The second kappa shape index (κ2) is 7.74. The minimum atomic E-state index is -1.24. The number of quaternary nitrogens is 1. The molecule has 7 heteroatoms. The number of likely N-dealkylation sites (tertiary alicyclic amines) is 1. The second-order valence-corrected chi connectivity index (χ2v) is 13.6. The number of hydroxylamine groups is 3. The number of amides is 1. The van der Waals surface area contributed by atoms with Crippen molar-refractivity contribution in [3.63, 3.8) is 0 Å². The lowest BCUT2D eigenvalue weighted by Gasteiger charge is -2.68. The van der Waals surface area contributed by atoms with Crippen LogP contribution in [-0.4, -0.2) is 57.6 Å². The highest BCUT2D eigenvalue weighted by Gasteiger charge is 2.76. The van der Waals surface area contributed by atoms with Gasteiger partial charge in [-0.1, -0.05) is 39.0 Å². The maximum Gasteiger partial charge on any atom is 0.251 e. The van der Waals surface area contributed by atoms with Crippen LogP contribution in [0, 0.1) is 11.1 Å². The van der Waals surface area contributed by atoms with Crippen LogP contribution in [0.15, 0.2) is 36.4 Å². The lowest BCUT2D eigenvalue weighted by atomic mass is 9.48. The van der Waals surface area contributed by atoms with E-state index in [1.807, 2.05) is 30.3 Å². The number of rotatable bonds is 4. The lowest BCUT2D eigenvalue weighted by molar-refractivity contribution is -0.924. The predicted octanol–water partition coefficient (Wildman–Crippen LogP) is 4.07. The summed E-state index contributed by atoms with van der Waals surface area (Å²) in [6.45, 7) is 7.42. The van der Waals surface area contributed by atoms with Crippen LogP contribution in [0.2, 0.25) is 0 Å². The van der Waals surface area contributed by atoms with E-state index >= 15 is 0 Å². The monoisotopic (exact) mass is 518 g/mol. The number of carbonyl (C=O) groups excluding carboxylic acids is 1. The van der Waals surface area contributed by atoms with E-state index in [-0.39, 0.29) is 27.8 Å². The molecule has 2 unspecified atom stereocenters. The summed E-state index contributed by atoms with van der Waals surface area (Å²) in [4.78, 5) is 13.4. The normalized spacial score (nSPS) is 36.8. The van der Waals surface area contributed by atoms with E-state index in [0.717, 1.165) is 29.5 Å². The number of aliphatic hydroxyl groups is 1. The molecule has 2 aromatic rings. The third-order valence-corrected chi connectivity index (χ3v) is 10.4. The molecular weight excluding hydrogens is 480 g/mol. The van der Waals surface area contributed by atoms with Crippen LogP contribution in [0.5, 0.6) is 11.5 Å². The van der Waals surface area contributed by atoms with E-state index in [4.69, 9.17) is 4.74 Å². The first-order chi connectivity index (χ1) is 18.0. The molecule has 2 aromatic carbocycles. The van der Waals surface area contributed by atoms with Gasteiger partial charge < -0.3 is 30.1 Å². The Labute approximate surface area is 224 Å². The first-order valence-electron chi connectivity index (χ1n) is 14.2. The van der Waals surface area contributed by atoms with Gasteiger partial charge in [0.1, 0.15) is 17.7 Å². The molecule has 5 aliphatic rings. The molecule has 3 aliphatic carbocycles. The van der Waals surface area contributed by atoms with Crippen molar-refractivity contribution >= 4 is 5.91 Å². The first kappa shape index (κ1) is 24.4. The SMILES string of the molecule is CC(C)(C)c1ccc(C(=O)N[C@H]2CC[C@@]3(O)[C@H]4Cc5ccc(O)c6c5C3(CC[N+]4([O-])CC3CC3)[C@H]2O6)cc1. The smallest absolute Gasteiger partial charge is 0.251 e. The number of benzene rings is 2. The molecule has 1 amide bonds. The molecule has 2 aliphatic heterocycles. The van der Waals surface area contributed by atoms with E-state index in [1.54, 1.807) is 6.07 Å². The Morgan fingerprint density at radius 3 is 2.55 bits per heavy atom. The van der Waals surface area contributed by atoms with Crippen molar-refractivity contribution in [3.8, 4) is 11.5 Å². The van der Waals surface area contributed by atoms with Crippen LogP contribution >= 0.6 is 0 Å². The summed E-state index contributed by atoms with van der Waals surface area (Å²) in [6.07, 6.45) is 3.57. The fraction of sp³-hybridized carbons (Fsp3) is 0.581. The summed E-state index contributed by atoms with van der Waals surface area (Å²) in [6, 6.07) is 10.5. The number of nitrogens with zero attached hydrogens (tertiary/aromatic N) is 1. The fourth-order valence-electron chi connectivity index (χ4n) is 8.28. The first-order valence-corrected chi connectivity index (χ1v) is 14.2. The van der Waals surface area contributed by atoms with Crippen LogP contribution in [0.4, 0.5) is 0 Å². The van der Waals surface area contributed by atoms with Crippen molar-refractivity contribution in [1.29, 1.82) is 0 Å². The molecule has 0 aromatic heterocycles. The van der Waals surface area contributed by atoms with Gasteiger partial charge in [0.2, 0.25) is 0 Å². The summed E-state index contributed by atoms with van der Waals surface area (Å²) in [7, 11) is 0. The van der Waals surface area contributed by atoms with E-state index in [1.165, 1.54) is 0 Å². The van der Waals surface area contributed by atoms with Gasteiger partial charge in [-0.3, -0.25) is 4.79 Å². The Hall–Kier alpha value is -2.61. The molecule has 2 saturated carbocycles. The number of phenolic OH excluding ortho intramolecular Hbond substituents is 1. The topological polar surface area (TPSA) is 102 Å². The Bertz CT molecular complexity index is 1310. The minimum Gasteiger partial charge on any atom is -0.632 e. The van der Waals surface area contributed by atoms with Gasteiger partial charge in [0.15, 0.2) is 11.5 Å². The summed E-state index contributed by atoms with van der Waals surface area (Å²) in [5, 5.41) is 40.9. The van der Waals surface area contributed by atoms with Crippen molar-refractivity contribution in [3.05, 3.63) is 63.9 Å². The Morgan fingerprint density at radius 1 is 1.13 bits per heavy atom. The molecule has 2 bridgehead atoms. The molecule has 202 valence electrons. The van der Waals surface area contributed by atoms with Crippen molar-refractivity contribution in [2.45, 2.75) is 93.9 Å². The number of hydrogen-bond donors (Lipinski definition) is 3. The predicted molar refractivity (Wildman–Crippen MR) is 143 cm³/mol. The van der Waals surface area contributed by atoms with Crippen LogP contribution < -0.4 is 10.1 Å². The van der Waals surface area contributed by atoms with Gasteiger partial charge in [0.05, 0.1) is 24.5 Å². The Balaban J connectivity index is 1.25. The highest BCUT2D eigenvalue weighted by Crippen LogP contribution is 2.66. The van der Waals surface area contributed by atoms with Crippen LogP contribution in [-0.2, 0) is 17.3 Å². The molecule has 2 heterocycles. The minimum absolute atomic E-state index is 0.00152. The highest BCUT2D eigenvalue weighted by molar-refractivity contribution is 5.94. The number of hydrogen-bond acceptors (Lipinski definition) is 5. The molecule has 3 fully saturated rings. The number of carbonyl (C=O) groups is 1. The average molecular weight is 519 g/mol. The maximum atomic E-state index is 14.3. The van der Waals surface area contributed by atoms with Crippen LogP contribution in [0.1, 0.15) is 79.9 Å². The van der Waals surface area contributed by atoms with Gasteiger partial charge in [0, 0.05) is 29.9 Å². The van der Waals surface area contributed by atoms with Gasteiger partial charge in [-0.2, -0.15) is 0 Å². The van der Waals surface area contributed by atoms with Crippen LogP contribution in [0.25, 0.3) is 0 Å². The van der Waals surface area contributed by atoms with Gasteiger partial charge in [-0.05, 0) is 60.4 Å². The van der Waals surface area contributed by atoms with Crippen LogP contribution in [0.3, 0.4) is 0 Å². The largest absolute Gasteiger partial charge is 0.632 e. The number of ether oxygens (including phenoxy) is 1. The Morgan fingerprint density at radius 2 is 1.87 bits per heavy atom. The van der Waals surface area contributed by atoms with Gasteiger partial charge >= 0.3 is 0 Å². The number of piperidine rings is 1. The summed E-state index contributed by atoms with van der Waals surface area (Å²) >= 11 is 0. The molecule has 7 nitrogen and oxygen atoms in total. The molecule has 3 N–H and O–H groups in total. The third-order valence-electron chi connectivity index (χ3n) is 10.4. The molecule has 1 spiro atoms. The maximum absolute atomic E-state index is 14.3. The molecule has 38 heavy (non-hydrogen) atoms. The van der Waals surface area contributed by atoms with Gasteiger partial charge in [-0.25, -0.2) is 0 Å². The average Bonchev–Trinajstić information content (AvgIpc) is 3.60. The summed E-state index contributed by atoms with van der Waals surface area (Å²) in [5.41, 5.74) is 1.55. The molecular formula is C31H38N2O5. The second-order valence-electron chi connectivity index (χ2n) is 13.6. The van der Waals surface area contributed by atoms with E-state index in [9.17, 15) is 20.2 Å². The molecule has 0 radical (unpaired) electrons.